The second-order valence-corrected chi connectivity index (χ2v) is 3.81. The summed E-state index contributed by atoms with van der Waals surface area (Å²) >= 11 is 0. The molecule has 0 amide bonds. The number of aromatic nitrogens is 1. The summed E-state index contributed by atoms with van der Waals surface area (Å²) < 4.78 is 38.3. The standard InChI is InChI=1S/C12H8F3NO2.Al/c1-6-2-3-7-9(12(13,14)15)5-4-8(11(17)18)10(7)16-6;/h2-5H,1H3,(H,17,18);. The number of hydrogen-bond donors (Lipinski definition) is 1. The third-order valence-corrected chi connectivity index (χ3v) is 2.53. The Hall–Kier alpha value is -1.58. The van der Waals surface area contributed by atoms with Crippen molar-refractivity contribution in [3.63, 3.8) is 0 Å². The molecule has 1 aromatic carbocycles. The zero-order valence-electron chi connectivity index (χ0n) is 9.82. The average Bonchev–Trinajstić information content (AvgIpc) is 2.25. The average molecular weight is 282 g/mol. The highest BCUT2D eigenvalue weighted by atomic mass is 27.0. The molecule has 0 fully saturated rings. The van der Waals surface area contributed by atoms with Crippen LogP contribution in [0.3, 0.4) is 0 Å². The minimum atomic E-state index is -4.54. The van der Waals surface area contributed by atoms with Crippen LogP contribution in [0.2, 0.25) is 0 Å². The number of hydrogen-bond acceptors (Lipinski definition) is 2. The molecule has 3 radical (unpaired) electrons. The first kappa shape index (κ1) is 15.5. The van der Waals surface area contributed by atoms with E-state index in [0.29, 0.717) is 5.69 Å². The van der Waals surface area contributed by atoms with Crippen LogP contribution in [-0.4, -0.2) is 33.4 Å². The van der Waals surface area contributed by atoms with Gasteiger partial charge in [-0.25, -0.2) is 4.79 Å². The molecule has 2 rings (SSSR count). The second kappa shape index (κ2) is 5.19. The zero-order valence-corrected chi connectivity index (χ0v) is 11.0. The van der Waals surface area contributed by atoms with Gasteiger partial charge in [-0.1, -0.05) is 6.07 Å². The van der Waals surface area contributed by atoms with Crippen molar-refractivity contribution in [3.05, 3.63) is 41.1 Å². The topological polar surface area (TPSA) is 50.2 Å². The largest absolute Gasteiger partial charge is 0.478 e. The molecule has 0 unspecified atom stereocenters. The van der Waals surface area contributed by atoms with E-state index in [1.54, 1.807) is 6.92 Å². The molecule has 0 aliphatic rings. The Kier molecular flexibility index (Phi) is 4.23. The molecule has 2 aromatic rings. The van der Waals surface area contributed by atoms with Crippen molar-refractivity contribution in [2.75, 3.05) is 0 Å². The Morgan fingerprint density at radius 1 is 1.21 bits per heavy atom. The van der Waals surface area contributed by atoms with Gasteiger partial charge < -0.3 is 5.11 Å². The molecule has 0 spiro atoms. The summed E-state index contributed by atoms with van der Waals surface area (Å²) in [6, 6.07) is 4.36. The van der Waals surface area contributed by atoms with E-state index in [4.69, 9.17) is 5.11 Å². The van der Waals surface area contributed by atoms with E-state index in [1.165, 1.54) is 12.1 Å². The molecule has 19 heavy (non-hydrogen) atoms. The zero-order chi connectivity index (χ0) is 13.5. The fraction of sp³-hybridized carbons (Fsp3) is 0.167. The number of carboxylic acid groups (broad SMARTS) is 1. The van der Waals surface area contributed by atoms with E-state index in [-0.39, 0.29) is 33.8 Å². The third-order valence-electron chi connectivity index (χ3n) is 2.53. The summed E-state index contributed by atoms with van der Waals surface area (Å²) in [6.07, 6.45) is -4.54. The van der Waals surface area contributed by atoms with Gasteiger partial charge in [0.15, 0.2) is 0 Å². The quantitative estimate of drug-likeness (QED) is 0.818. The molecular formula is C12H8AlF3NO2. The number of aryl methyl sites for hydroxylation is 1. The van der Waals surface area contributed by atoms with Crippen LogP contribution in [0, 0.1) is 6.92 Å². The third kappa shape index (κ3) is 2.88. The number of nitrogens with zero attached hydrogens (tertiary/aromatic N) is 1. The lowest BCUT2D eigenvalue weighted by Gasteiger charge is -2.11. The molecule has 97 valence electrons. The number of carboxylic acids is 1. The number of alkyl halides is 3. The fourth-order valence-corrected chi connectivity index (χ4v) is 1.73. The lowest BCUT2D eigenvalue weighted by Crippen LogP contribution is -2.09. The Labute approximate surface area is 117 Å². The van der Waals surface area contributed by atoms with E-state index in [0.717, 1.165) is 12.1 Å². The van der Waals surface area contributed by atoms with E-state index in [9.17, 15) is 18.0 Å². The van der Waals surface area contributed by atoms with Gasteiger partial charge in [-0.15, -0.1) is 0 Å². The highest BCUT2D eigenvalue weighted by Crippen LogP contribution is 2.35. The van der Waals surface area contributed by atoms with Gasteiger partial charge in [0, 0.05) is 28.4 Å². The summed E-state index contributed by atoms with van der Waals surface area (Å²) in [5.74, 6) is -1.30. The van der Waals surface area contributed by atoms with Gasteiger partial charge in [-0.2, -0.15) is 13.2 Å². The number of rotatable bonds is 1. The summed E-state index contributed by atoms with van der Waals surface area (Å²) in [6.45, 7) is 1.59. The lowest BCUT2D eigenvalue weighted by atomic mass is 10.0. The molecular weight excluding hydrogens is 274 g/mol. The van der Waals surface area contributed by atoms with Gasteiger partial charge in [-0.05, 0) is 25.1 Å². The number of aromatic carboxylic acids is 1. The minimum Gasteiger partial charge on any atom is -0.478 e. The van der Waals surface area contributed by atoms with Crippen molar-refractivity contribution >= 4 is 34.2 Å². The van der Waals surface area contributed by atoms with Crippen molar-refractivity contribution < 1.29 is 23.1 Å². The van der Waals surface area contributed by atoms with Crippen LogP contribution in [0.15, 0.2) is 24.3 Å². The van der Waals surface area contributed by atoms with Crippen LogP contribution in [0.25, 0.3) is 10.9 Å². The predicted octanol–water partition coefficient (Wildman–Crippen LogP) is 2.88. The normalized spacial score (nSPS) is 11.2. The number of benzene rings is 1. The van der Waals surface area contributed by atoms with E-state index >= 15 is 0 Å². The van der Waals surface area contributed by atoms with Crippen molar-refractivity contribution in [2.24, 2.45) is 0 Å². The van der Waals surface area contributed by atoms with Crippen LogP contribution < -0.4 is 0 Å². The Morgan fingerprint density at radius 3 is 2.37 bits per heavy atom. The van der Waals surface area contributed by atoms with Crippen LogP contribution in [-0.2, 0) is 6.18 Å². The van der Waals surface area contributed by atoms with E-state index < -0.39 is 17.7 Å². The number of halogens is 3. The smallest absolute Gasteiger partial charge is 0.417 e. The summed E-state index contributed by atoms with van der Waals surface area (Å²) in [5, 5.41) is 8.75. The van der Waals surface area contributed by atoms with E-state index in [1.807, 2.05) is 0 Å². The molecule has 0 atom stereocenters. The monoisotopic (exact) mass is 282 g/mol. The highest BCUT2D eigenvalue weighted by molar-refractivity contribution is 6.02. The Bertz CT molecular complexity index is 641. The van der Waals surface area contributed by atoms with Crippen LogP contribution in [0.4, 0.5) is 13.2 Å². The second-order valence-electron chi connectivity index (χ2n) is 3.81. The molecule has 0 aliphatic carbocycles. The van der Waals surface area contributed by atoms with Gasteiger partial charge in [0.05, 0.1) is 16.6 Å². The van der Waals surface area contributed by atoms with Crippen LogP contribution in [0.1, 0.15) is 21.6 Å². The summed E-state index contributed by atoms with van der Waals surface area (Å²) in [7, 11) is 0. The van der Waals surface area contributed by atoms with Gasteiger partial charge in [-0.3, -0.25) is 4.98 Å². The maximum absolute atomic E-state index is 12.8. The van der Waals surface area contributed by atoms with Gasteiger partial charge in [0.1, 0.15) is 0 Å². The maximum atomic E-state index is 12.8. The first-order chi connectivity index (χ1) is 8.30. The first-order valence-electron chi connectivity index (χ1n) is 5.01. The van der Waals surface area contributed by atoms with Crippen molar-refractivity contribution in [3.8, 4) is 0 Å². The molecule has 1 aromatic heterocycles. The predicted molar refractivity (Wildman–Crippen MR) is 64.2 cm³/mol. The minimum absolute atomic E-state index is 0. The Morgan fingerprint density at radius 2 is 1.84 bits per heavy atom. The van der Waals surface area contributed by atoms with Crippen LogP contribution >= 0.6 is 0 Å². The molecule has 0 saturated carbocycles. The molecule has 1 N–H and O–H groups in total. The fourth-order valence-electron chi connectivity index (χ4n) is 1.73. The number of pyridine rings is 1. The number of carbonyl (C=O) groups is 1. The van der Waals surface area contributed by atoms with Crippen molar-refractivity contribution in [1.29, 1.82) is 0 Å². The Balaban J connectivity index is 0.00000180. The van der Waals surface area contributed by atoms with Crippen LogP contribution in [0.5, 0.6) is 0 Å². The number of fused-ring (bicyclic) bond motifs is 1. The van der Waals surface area contributed by atoms with E-state index in [2.05, 4.69) is 4.98 Å². The van der Waals surface area contributed by atoms with Gasteiger partial charge >= 0.3 is 12.1 Å². The molecule has 7 heteroatoms. The van der Waals surface area contributed by atoms with Gasteiger partial charge in [0.2, 0.25) is 0 Å². The summed E-state index contributed by atoms with van der Waals surface area (Å²) in [5.41, 5.74) is -0.793. The SMILES string of the molecule is Cc1ccc2c(C(F)(F)F)ccc(C(=O)O)c2n1.[Al]. The highest BCUT2D eigenvalue weighted by Gasteiger charge is 2.33. The molecule has 0 aliphatic heterocycles. The molecule has 1 heterocycles. The molecule has 3 nitrogen and oxygen atoms in total. The van der Waals surface area contributed by atoms with Crippen molar-refractivity contribution in [2.45, 2.75) is 13.1 Å². The lowest BCUT2D eigenvalue weighted by molar-refractivity contribution is -0.136. The maximum Gasteiger partial charge on any atom is 0.417 e. The van der Waals surface area contributed by atoms with Crippen molar-refractivity contribution in [1.82, 2.24) is 4.98 Å². The van der Waals surface area contributed by atoms with Gasteiger partial charge in [0.25, 0.3) is 0 Å². The summed E-state index contributed by atoms with van der Waals surface area (Å²) in [4.78, 5) is 14.9. The molecule has 0 saturated heterocycles. The molecule has 0 bridgehead atoms. The first-order valence-corrected chi connectivity index (χ1v) is 5.01.